The van der Waals surface area contributed by atoms with Crippen molar-refractivity contribution in [3.63, 3.8) is 0 Å². The molecule has 114 valence electrons. The molecule has 1 aliphatic rings. The van der Waals surface area contributed by atoms with Crippen LogP contribution in [-0.4, -0.2) is 39.6 Å². The van der Waals surface area contributed by atoms with Crippen LogP contribution in [0.3, 0.4) is 0 Å². The van der Waals surface area contributed by atoms with E-state index in [9.17, 15) is 0 Å². The predicted octanol–water partition coefficient (Wildman–Crippen LogP) is 2.72. The molecule has 4 heteroatoms. The van der Waals surface area contributed by atoms with Crippen LogP contribution in [0.4, 0.5) is 0 Å². The smallest absolute Gasteiger partial charge is 0.106 e. The van der Waals surface area contributed by atoms with E-state index in [1.807, 2.05) is 0 Å². The van der Waals surface area contributed by atoms with Crippen molar-refractivity contribution in [1.82, 2.24) is 14.5 Å². The van der Waals surface area contributed by atoms with Crippen molar-refractivity contribution in [2.24, 2.45) is 5.73 Å². The van der Waals surface area contributed by atoms with Gasteiger partial charge in [-0.25, -0.2) is 4.98 Å². The van der Waals surface area contributed by atoms with Gasteiger partial charge in [0.25, 0.3) is 0 Å². The highest BCUT2D eigenvalue weighted by atomic mass is 15.2. The third kappa shape index (κ3) is 3.11. The molecule has 2 N–H and O–H groups in total. The number of benzene rings is 1. The van der Waals surface area contributed by atoms with E-state index >= 15 is 0 Å². The zero-order valence-electron chi connectivity index (χ0n) is 13.3. The molecule has 0 atom stereocenters. The van der Waals surface area contributed by atoms with Gasteiger partial charge >= 0.3 is 0 Å². The van der Waals surface area contributed by atoms with E-state index < -0.39 is 0 Å². The number of hydrogen-bond donors (Lipinski definition) is 1. The first-order valence-electron chi connectivity index (χ1n) is 7.89. The van der Waals surface area contributed by atoms with Gasteiger partial charge in [0, 0.05) is 31.2 Å². The molecule has 1 aromatic heterocycles. The van der Waals surface area contributed by atoms with Gasteiger partial charge in [-0.05, 0) is 45.7 Å². The van der Waals surface area contributed by atoms with Crippen LogP contribution in [0, 0.1) is 6.92 Å². The number of imidazole rings is 1. The number of hydrogen-bond acceptors (Lipinski definition) is 3. The van der Waals surface area contributed by atoms with Crippen LogP contribution in [0.2, 0.25) is 0 Å². The lowest BCUT2D eigenvalue weighted by atomic mass is 10.0. The second-order valence-corrected chi connectivity index (χ2v) is 7.01. The zero-order valence-corrected chi connectivity index (χ0v) is 13.3. The van der Waals surface area contributed by atoms with Crippen LogP contribution < -0.4 is 5.73 Å². The molecule has 0 aliphatic carbocycles. The lowest BCUT2D eigenvalue weighted by molar-refractivity contribution is 0.160. The van der Waals surface area contributed by atoms with Crippen LogP contribution in [0.5, 0.6) is 0 Å². The topological polar surface area (TPSA) is 47.1 Å². The Labute approximate surface area is 126 Å². The maximum absolute atomic E-state index is 6.14. The molecule has 0 bridgehead atoms. The molecule has 4 nitrogen and oxygen atoms in total. The van der Waals surface area contributed by atoms with Crippen molar-refractivity contribution in [2.45, 2.75) is 45.2 Å². The van der Waals surface area contributed by atoms with Gasteiger partial charge < -0.3 is 15.2 Å². The van der Waals surface area contributed by atoms with E-state index in [0.717, 1.165) is 31.0 Å². The summed E-state index contributed by atoms with van der Waals surface area (Å²) in [5.74, 6) is 1.13. The molecular formula is C17H26N4. The summed E-state index contributed by atoms with van der Waals surface area (Å²) >= 11 is 0. The maximum Gasteiger partial charge on any atom is 0.106 e. The Kier molecular flexibility index (Phi) is 3.76. The molecule has 1 aromatic carbocycles. The Morgan fingerprint density at radius 2 is 1.90 bits per heavy atom. The zero-order chi connectivity index (χ0) is 15.0. The highest BCUT2D eigenvalue weighted by Crippen LogP contribution is 2.28. The minimum absolute atomic E-state index is 0.107. The first kappa shape index (κ1) is 14.5. The largest absolute Gasteiger partial charge is 0.325 e. The van der Waals surface area contributed by atoms with E-state index in [0.29, 0.717) is 6.04 Å². The van der Waals surface area contributed by atoms with E-state index in [2.05, 4.69) is 54.5 Å². The van der Waals surface area contributed by atoms with Gasteiger partial charge in [-0.15, -0.1) is 0 Å². The van der Waals surface area contributed by atoms with Gasteiger partial charge in [-0.3, -0.25) is 0 Å². The first-order valence-corrected chi connectivity index (χ1v) is 7.89. The molecule has 0 saturated carbocycles. The summed E-state index contributed by atoms with van der Waals surface area (Å²) in [4.78, 5) is 7.19. The molecular weight excluding hydrogens is 260 g/mol. The van der Waals surface area contributed by atoms with Gasteiger partial charge in [-0.2, -0.15) is 0 Å². The average Bonchev–Trinajstić information content (AvgIpc) is 2.74. The summed E-state index contributed by atoms with van der Waals surface area (Å²) < 4.78 is 2.43. The van der Waals surface area contributed by atoms with E-state index in [-0.39, 0.29) is 5.54 Å². The van der Waals surface area contributed by atoms with Crippen molar-refractivity contribution in [2.75, 3.05) is 19.6 Å². The van der Waals surface area contributed by atoms with Crippen molar-refractivity contribution in [1.29, 1.82) is 0 Å². The Hall–Kier alpha value is -1.39. The molecule has 1 aliphatic heterocycles. The quantitative estimate of drug-likeness (QED) is 0.943. The van der Waals surface area contributed by atoms with Crippen molar-refractivity contribution in [3.05, 3.63) is 30.1 Å². The van der Waals surface area contributed by atoms with Crippen molar-refractivity contribution in [3.8, 4) is 0 Å². The molecule has 2 aromatic rings. The van der Waals surface area contributed by atoms with Gasteiger partial charge in [0.1, 0.15) is 5.82 Å². The molecule has 1 saturated heterocycles. The fourth-order valence-electron chi connectivity index (χ4n) is 3.54. The third-order valence-electron chi connectivity index (χ3n) is 4.33. The molecule has 2 heterocycles. The normalized spacial score (nSPS) is 18.5. The van der Waals surface area contributed by atoms with Crippen LogP contribution >= 0.6 is 0 Å². The monoisotopic (exact) mass is 286 g/mol. The first-order chi connectivity index (χ1) is 9.94. The second kappa shape index (κ2) is 5.43. The number of aryl methyl sites for hydroxylation is 1. The predicted molar refractivity (Wildman–Crippen MR) is 87.4 cm³/mol. The summed E-state index contributed by atoms with van der Waals surface area (Å²) in [6, 6.07) is 9.02. The van der Waals surface area contributed by atoms with Crippen LogP contribution in [0.25, 0.3) is 11.0 Å². The molecule has 1 fully saturated rings. The SMILES string of the molecule is Cc1nc2ccccc2n1C1CCN(CC(C)(C)N)CC1. The Morgan fingerprint density at radius 3 is 2.57 bits per heavy atom. The van der Waals surface area contributed by atoms with Crippen LogP contribution in [0.15, 0.2) is 24.3 Å². The van der Waals surface area contributed by atoms with Gasteiger partial charge in [0.05, 0.1) is 11.0 Å². The summed E-state index contributed by atoms with van der Waals surface area (Å²) in [5, 5.41) is 0. The number of aromatic nitrogens is 2. The fourth-order valence-corrected chi connectivity index (χ4v) is 3.54. The average molecular weight is 286 g/mol. The summed E-state index contributed by atoms with van der Waals surface area (Å²) in [7, 11) is 0. The fraction of sp³-hybridized carbons (Fsp3) is 0.588. The number of fused-ring (bicyclic) bond motifs is 1. The van der Waals surface area contributed by atoms with E-state index in [1.54, 1.807) is 0 Å². The van der Waals surface area contributed by atoms with Crippen LogP contribution in [-0.2, 0) is 0 Å². The number of para-hydroxylation sites is 2. The van der Waals surface area contributed by atoms with Gasteiger partial charge in [0.2, 0.25) is 0 Å². The molecule has 0 radical (unpaired) electrons. The highest BCUT2D eigenvalue weighted by Gasteiger charge is 2.25. The Bertz CT molecular complexity index is 615. The molecule has 3 rings (SSSR count). The number of likely N-dealkylation sites (tertiary alicyclic amines) is 1. The number of nitrogens with zero attached hydrogens (tertiary/aromatic N) is 3. The minimum Gasteiger partial charge on any atom is -0.325 e. The number of rotatable bonds is 3. The molecule has 0 amide bonds. The highest BCUT2D eigenvalue weighted by molar-refractivity contribution is 5.76. The van der Waals surface area contributed by atoms with Gasteiger partial charge in [-0.1, -0.05) is 12.1 Å². The Balaban J connectivity index is 1.76. The molecule has 0 unspecified atom stereocenters. The summed E-state index contributed by atoms with van der Waals surface area (Å²) in [6.45, 7) is 9.55. The maximum atomic E-state index is 6.14. The van der Waals surface area contributed by atoms with Crippen molar-refractivity contribution >= 4 is 11.0 Å². The summed E-state index contributed by atoms with van der Waals surface area (Å²) in [6.07, 6.45) is 2.36. The van der Waals surface area contributed by atoms with Crippen molar-refractivity contribution < 1.29 is 0 Å². The Morgan fingerprint density at radius 1 is 1.24 bits per heavy atom. The van der Waals surface area contributed by atoms with Gasteiger partial charge in [0.15, 0.2) is 0 Å². The minimum atomic E-state index is -0.107. The standard InChI is InChI=1S/C17H26N4/c1-13-19-15-6-4-5-7-16(15)21(13)14-8-10-20(11-9-14)12-17(2,3)18/h4-7,14H,8-12,18H2,1-3H3. The number of piperidine rings is 1. The number of nitrogens with two attached hydrogens (primary N) is 1. The molecule has 0 spiro atoms. The van der Waals surface area contributed by atoms with E-state index in [4.69, 9.17) is 10.7 Å². The van der Waals surface area contributed by atoms with Crippen LogP contribution in [0.1, 0.15) is 38.6 Å². The van der Waals surface area contributed by atoms with E-state index in [1.165, 1.54) is 18.4 Å². The molecule has 21 heavy (non-hydrogen) atoms. The lowest BCUT2D eigenvalue weighted by Crippen LogP contribution is -2.48. The summed E-state index contributed by atoms with van der Waals surface area (Å²) in [5.41, 5.74) is 8.41. The second-order valence-electron chi connectivity index (χ2n) is 7.01. The third-order valence-corrected chi connectivity index (χ3v) is 4.33. The lowest BCUT2D eigenvalue weighted by Gasteiger charge is -2.36.